The summed E-state index contributed by atoms with van der Waals surface area (Å²) in [6, 6.07) is 6.74. The summed E-state index contributed by atoms with van der Waals surface area (Å²) in [4.78, 5) is 0. The van der Waals surface area contributed by atoms with Gasteiger partial charge >= 0.3 is 0 Å². The van der Waals surface area contributed by atoms with Gasteiger partial charge in [-0.05, 0) is 40.2 Å². The van der Waals surface area contributed by atoms with Crippen molar-refractivity contribution in [2.75, 3.05) is 23.9 Å². The fraction of sp³-hybridized carbons (Fsp3) is 0.455. The van der Waals surface area contributed by atoms with Crippen molar-refractivity contribution in [2.45, 2.75) is 12.5 Å². The number of methoxy groups -OCH3 is 1. The van der Waals surface area contributed by atoms with Crippen LogP contribution >= 0.6 is 27.7 Å². The smallest absolute Gasteiger partial charge is 0.135 e. The fourth-order valence-corrected chi connectivity index (χ4v) is 3.19. The summed E-state index contributed by atoms with van der Waals surface area (Å²) in [5.41, 5.74) is 1.14. The Morgan fingerprint density at radius 1 is 1.53 bits per heavy atom. The number of rotatable bonds is 3. The number of hydrogen-bond donors (Lipinski definition) is 1. The summed E-state index contributed by atoms with van der Waals surface area (Å²) in [6.07, 6.45) is 1.25. The lowest BCUT2D eigenvalue weighted by molar-refractivity contribution is 0.412. The average Bonchev–Trinajstić information content (AvgIpc) is 2.73. The van der Waals surface area contributed by atoms with Crippen molar-refractivity contribution in [3.63, 3.8) is 0 Å². The SMILES string of the molecule is COc1cc(N[C@H]2CCSC2)ccc1Br. The highest BCUT2D eigenvalue weighted by molar-refractivity contribution is 9.10. The van der Waals surface area contributed by atoms with Crippen LogP contribution in [-0.2, 0) is 0 Å². The molecule has 1 N–H and O–H groups in total. The molecule has 4 heteroatoms. The third kappa shape index (κ3) is 2.82. The van der Waals surface area contributed by atoms with Gasteiger partial charge in [-0.15, -0.1) is 0 Å². The first-order valence-electron chi connectivity index (χ1n) is 4.97. The second kappa shape index (κ2) is 5.12. The molecule has 1 aliphatic rings. The minimum absolute atomic E-state index is 0.612. The van der Waals surface area contributed by atoms with Gasteiger partial charge in [0.2, 0.25) is 0 Å². The largest absolute Gasteiger partial charge is 0.495 e. The number of anilines is 1. The zero-order chi connectivity index (χ0) is 10.7. The Kier molecular flexibility index (Phi) is 3.81. The van der Waals surface area contributed by atoms with Crippen LogP contribution in [0.1, 0.15) is 6.42 Å². The number of benzene rings is 1. The maximum absolute atomic E-state index is 5.26. The molecule has 1 aliphatic heterocycles. The van der Waals surface area contributed by atoms with Gasteiger partial charge in [0.15, 0.2) is 0 Å². The first-order valence-corrected chi connectivity index (χ1v) is 6.92. The van der Waals surface area contributed by atoms with Crippen molar-refractivity contribution in [3.8, 4) is 5.75 Å². The summed E-state index contributed by atoms with van der Waals surface area (Å²) in [5.74, 6) is 3.36. The van der Waals surface area contributed by atoms with Crippen molar-refractivity contribution in [3.05, 3.63) is 22.7 Å². The summed E-state index contributed by atoms with van der Waals surface area (Å²) < 4.78 is 6.25. The molecule has 0 bridgehead atoms. The minimum atomic E-state index is 0.612. The Labute approximate surface area is 103 Å². The fourth-order valence-electron chi connectivity index (χ4n) is 1.63. The molecular formula is C11H14BrNOS. The van der Waals surface area contributed by atoms with Gasteiger partial charge in [0.25, 0.3) is 0 Å². The topological polar surface area (TPSA) is 21.3 Å². The molecule has 2 rings (SSSR count). The summed E-state index contributed by atoms with van der Waals surface area (Å²) >= 11 is 5.46. The van der Waals surface area contributed by atoms with Crippen molar-refractivity contribution in [2.24, 2.45) is 0 Å². The molecule has 0 aliphatic carbocycles. The van der Waals surface area contributed by atoms with Crippen molar-refractivity contribution in [1.82, 2.24) is 0 Å². The number of nitrogens with one attached hydrogen (secondary N) is 1. The molecule has 0 saturated carbocycles. The van der Waals surface area contributed by atoms with E-state index in [1.165, 1.54) is 17.9 Å². The van der Waals surface area contributed by atoms with E-state index in [4.69, 9.17) is 4.74 Å². The highest BCUT2D eigenvalue weighted by Crippen LogP contribution is 2.29. The van der Waals surface area contributed by atoms with Crippen LogP contribution in [0.2, 0.25) is 0 Å². The Morgan fingerprint density at radius 2 is 2.40 bits per heavy atom. The molecule has 1 aromatic rings. The molecule has 1 heterocycles. The Morgan fingerprint density at radius 3 is 3.07 bits per heavy atom. The molecule has 2 nitrogen and oxygen atoms in total. The summed E-state index contributed by atoms with van der Waals surface area (Å²) in [6.45, 7) is 0. The Hall–Kier alpha value is -0.350. The van der Waals surface area contributed by atoms with E-state index in [2.05, 4.69) is 27.3 Å². The minimum Gasteiger partial charge on any atom is -0.495 e. The van der Waals surface area contributed by atoms with Crippen LogP contribution in [0.15, 0.2) is 22.7 Å². The van der Waals surface area contributed by atoms with E-state index >= 15 is 0 Å². The van der Waals surface area contributed by atoms with Crippen LogP contribution in [0.5, 0.6) is 5.75 Å². The third-order valence-corrected chi connectivity index (χ3v) is 4.27. The van der Waals surface area contributed by atoms with Crippen molar-refractivity contribution < 1.29 is 4.74 Å². The van der Waals surface area contributed by atoms with Crippen LogP contribution < -0.4 is 10.1 Å². The molecule has 0 radical (unpaired) electrons. The lowest BCUT2D eigenvalue weighted by Gasteiger charge is -2.14. The van der Waals surface area contributed by atoms with Gasteiger partial charge in [0.05, 0.1) is 11.6 Å². The normalized spacial score (nSPS) is 20.3. The van der Waals surface area contributed by atoms with E-state index in [1.807, 2.05) is 23.9 Å². The molecule has 1 fully saturated rings. The van der Waals surface area contributed by atoms with Gasteiger partial charge in [0, 0.05) is 23.5 Å². The Bertz CT molecular complexity index is 339. The molecule has 1 saturated heterocycles. The van der Waals surface area contributed by atoms with E-state index in [0.29, 0.717) is 6.04 Å². The predicted molar refractivity (Wildman–Crippen MR) is 70.0 cm³/mol. The molecular weight excluding hydrogens is 274 g/mol. The molecule has 82 valence electrons. The third-order valence-electron chi connectivity index (χ3n) is 2.45. The van der Waals surface area contributed by atoms with Gasteiger partial charge in [0.1, 0.15) is 5.75 Å². The molecule has 15 heavy (non-hydrogen) atoms. The monoisotopic (exact) mass is 287 g/mol. The van der Waals surface area contributed by atoms with Gasteiger partial charge in [-0.3, -0.25) is 0 Å². The van der Waals surface area contributed by atoms with Crippen LogP contribution in [0, 0.1) is 0 Å². The van der Waals surface area contributed by atoms with Gasteiger partial charge < -0.3 is 10.1 Å². The van der Waals surface area contributed by atoms with Gasteiger partial charge in [-0.1, -0.05) is 0 Å². The quantitative estimate of drug-likeness (QED) is 0.921. The summed E-state index contributed by atoms with van der Waals surface area (Å²) in [7, 11) is 1.69. The highest BCUT2D eigenvalue weighted by atomic mass is 79.9. The molecule has 1 atom stereocenters. The van der Waals surface area contributed by atoms with E-state index < -0.39 is 0 Å². The first kappa shape index (κ1) is 11.1. The second-order valence-electron chi connectivity index (χ2n) is 3.55. The number of halogens is 1. The number of hydrogen-bond acceptors (Lipinski definition) is 3. The lowest BCUT2D eigenvalue weighted by Crippen LogP contribution is -2.17. The van der Waals surface area contributed by atoms with Crippen LogP contribution in [0.3, 0.4) is 0 Å². The van der Waals surface area contributed by atoms with Gasteiger partial charge in [-0.25, -0.2) is 0 Å². The lowest BCUT2D eigenvalue weighted by atomic mass is 10.2. The van der Waals surface area contributed by atoms with Crippen molar-refractivity contribution in [1.29, 1.82) is 0 Å². The highest BCUT2D eigenvalue weighted by Gasteiger charge is 2.15. The maximum atomic E-state index is 5.26. The van der Waals surface area contributed by atoms with E-state index in [0.717, 1.165) is 15.9 Å². The molecule has 0 spiro atoms. The van der Waals surface area contributed by atoms with Crippen LogP contribution in [0.4, 0.5) is 5.69 Å². The van der Waals surface area contributed by atoms with Crippen molar-refractivity contribution >= 4 is 33.4 Å². The number of thioether (sulfide) groups is 1. The summed E-state index contributed by atoms with van der Waals surface area (Å²) in [5, 5.41) is 3.52. The standard InChI is InChI=1S/C11H14BrNOS/c1-14-11-6-8(2-3-10(11)12)13-9-4-5-15-7-9/h2-3,6,9,13H,4-5,7H2,1H3/t9-/m0/s1. The van der Waals surface area contributed by atoms with Crippen LogP contribution in [0.25, 0.3) is 0 Å². The molecule has 1 aromatic carbocycles. The van der Waals surface area contributed by atoms with E-state index in [1.54, 1.807) is 7.11 Å². The molecule has 0 unspecified atom stereocenters. The predicted octanol–water partition coefficient (Wildman–Crippen LogP) is 3.38. The Balaban J connectivity index is 2.07. The van der Waals surface area contributed by atoms with Crippen LogP contribution in [-0.4, -0.2) is 24.7 Å². The van der Waals surface area contributed by atoms with E-state index in [9.17, 15) is 0 Å². The molecule has 0 amide bonds. The zero-order valence-electron chi connectivity index (χ0n) is 8.63. The van der Waals surface area contributed by atoms with E-state index in [-0.39, 0.29) is 0 Å². The maximum Gasteiger partial charge on any atom is 0.135 e. The van der Waals surface area contributed by atoms with Gasteiger partial charge in [-0.2, -0.15) is 11.8 Å². The number of ether oxygens (including phenoxy) is 1. The molecule has 0 aromatic heterocycles. The zero-order valence-corrected chi connectivity index (χ0v) is 11.0. The average molecular weight is 288 g/mol. The first-order chi connectivity index (χ1) is 7.29. The second-order valence-corrected chi connectivity index (χ2v) is 5.56.